The van der Waals surface area contributed by atoms with Crippen molar-refractivity contribution in [1.82, 2.24) is 24.5 Å². The average molecular weight is 438 g/mol. The molecule has 0 saturated heterocycles. The first-order valence-electron chi connectivity index (χ1n) is 9.47. The second-order valence-electron chi connectivity index (χ2n) is 6.52. The van der Waals surface area contributed by atoms with E-state index in [4.69, 9.17) is 0 Å². The summed E-state index contributed by atoms with van der Waals surface area (Å²) in [5.74, 6) is -0.637. The molecule has 0 aliphatic heterocycles. The molecule has 8 nitrogen and oxygen atoms in total. The Kier molecular flexibility index (Phi) is 5.72. The number of rotatable bonds is 6. The number of fused-ring (bicyclic) bond motifs is 1. The van der Waals surface area contributed by atoms with Gasteiger partial charge in [0, 0.05) is 12.2 Å². The third-order valence-corrected chi connectivity index (χ3v) is 5.35. The number of benzene rings is 2. The van der Waals surface area contributed by atoms with Crippen LogP contribution in [0.4, 0.5) is 10.3 Å². The van der Waals surface area contributed by atoms with Crippen LogP contribution in [0, 0.1) is 5.82 Å². The number of hydrogen-bond acceptors (Lipinski definition) is 6. The first kappa shape index (κ1) is 20.6. The fraction of sp³-hybridized carbons (Fsp3) is 0.143. The van der Waals surface area contributed by atoms with Gasteiger partial charge in [-0.1, -0.05) is 23.9 Å². The van der Waals surface area contributed by atoms with Crippen molar-refractivity contribution in [2.24, 2.45) is 0 Å². The predicted octanol–water partition coefficient (Wildman–Crippen LogP) is 3.22. The van der Waals surface area contributed by atoms with E-state index in [1.165, 1.54) is 34.7 Å². The zero-order chi connectivity index (χ0) is 22.0. The van der Waals surface area contributed by atoms with Gasteiger partial charge in [0.25, 0.3) is 11.5 Å². The Labute approximate surface area is 181 Å². The molecule has 0 aliphatic carbocycles. The maximum Gasteiger partial charge on any atom is 0.288 e. The van der Waals surface area contributed by atoms with Crippen LogP contribution in [0.3, 0.4) is 0 Å². The molecule has 0 spiro atoms. The molecule has 0 fully saturated rings. The number of aromatic nitrogens is 4. The molecular formula is C21H19FN6O2S. The average Bonchev–Trinajstić information content (AvgIpc) is 3.22. The van der Waals surface area contributed by atoms with Gasteiger partial charge < -0.3 is 0 Å². The van der Waals surface area contributed by atoms with E-state index in [-0.39, 0.29) is 23.0 Å². The lowest BCUT2D eigenvalue weighted by atomic mass is 10.2. The quantitative estimate of drug-likeness (QED) is 0.355. The minimum absolute atomic E-state index is 0.203. The largest absolute Gasteiger partial charge is 0.288 e. The molecule has 4 rings (SSSR count). The topological polar surface area (TPSA) is 93.8 Å². The van der Waals surface area contributed by atoms with E-state index in [2.05, 4.69) is 20.8 Å². The van der Waals surface area contributed by atoms with Crippen LogP contribution < -0.4 is 16.4 Å². The fourth-order valence-corrected chi connectivity index (χ4v) is 3.76. The van der Waals surface area contributed by atoms with Gasteiger partial charge >= 0.3 is 0 Å². The highest BCUT2D eigenvalue weighted by atomic mass is 32.2. The zero-order valence-electron chi connectivity index (χ0n) is 16.8. The SMILES string of the molecule is CCn1c(NNC(=O)c2cnc(SC)n2-c2ccc(F)cc2)nc2ccccc2c1=O. The van der Waals surface area contributed by atoms with Crippen molar-refractivity contribution in [2.75, 3.05) is 11.7 Å². The summed E-state index contributed by atoms with van der Waals surface area (Å²) < 4.78 is 16.4. The van der Waals surface area contributed by atoms with Crippen molar-refractivity contribution in [2.45, 2.75) is 18.6 Å². The molecule has 0 atom stereocenters. The predicted molar refractivity (Wildman–Crippen MR) is 118 cm³/mol. The lowest BCUT2D eigenvalue weighted by Gasteiger charge is -2.15. The molecule has 0 bridgehead atoms. The number of amides is 1. The Morgan fingerprint density at radius 2 is 1.90 bits per heavy atom. The first-order chi connectivity index (χ1) is 15.0. The lowest BCUT2D eigenvalue weighted by Crippen LogP contribution is -2.35. The fourth-order valence-electron chi connectivity index (χ4n) is 3.21. The van der Waals surface area contributed by atoms with Crippen LogP contribution in [0.2, 0.25) is 0 Å². The van der Waals surface area contributed by atoms with Crippen LogP contribution in [0.5, 0.6) is 0 Å². The highest BCUT2D eigenvalue weighted by molar-refractivity contribution is 7.98. The number of halogens is 1. The number of nitrogens with one attached hydrogen (secondary N) is 2. The number of nitrogens with zero attached hydrogens (tertiary/aromatic N) is 4. The third kappa shape index (κ3) is 3.89. The van der Waals surface area contributed by atoms with Gasteiger partial charge in [-0.15, -0.1) is 0 Å². The Morgan fingerprint density at radius 1 is 1.16 bits per heavy atom. The number of hydrazine groups is 1. The molecule has 2 heterocycles. The molecule has 4 aromatic rings. The smallest absolute Gasteiger partial charge is 0.283 e. The molecule has 1 amide bonds. The first-order valence-corrected chi connectivity index (χ1v) is 10.7. The van der Waals surface area contributed by atoms with Crippen LogP contribution in [0.15, 0.2) is 64.7 Å². The molecule has 0 unspecified atom stereocenters. The summed E-state index contributed by atoms with van der Waals surface area (Å²) >= 11 is 1.36. The van der Waals surface area contributed by atoms with Crippen molar-refractivity contribution >= 4 is 34.5 Å². The summed E-state index contributed by atoms with van der Waals surface area (Å²) in [7, 11) is 0. The molecule has 158 valence electrons. The van der Waals surface area contributed by atoms with Crippen LogP contribution in [0.1, 0.15) is 17.4 Å². The van der Waals surface area contributed by atoms with E-state index < -0.39 is 5.91 Å². The maximum absolute atomic E-state index is 13.3. The van der Waals surface area contributed by atoms with Crippen LogP contribution in [-0.4, -0.2) is 31.3 Å². The summed E-state index contributed by atoms with van der Waals surface area (Å²) in [5.41, 5.74) is 6.51. The van der Waals surface area contributed by atoms with E-state index in [9.17, 15) is 14.0 Å². The number of para-hydroxylation sites is 1. The van der Waals surface area contributed by atoms with E-state index in [1.54, 1.807) is 41.0 Å². The van der Waals surface area contributed by atoms with E-state index in [1.807, 2.05) is 13.2 Å². The van der Waals surface area contributed by atoms with Crippen LogP contribution in [0.25, 0.3) is 16.6 Å². The van der Waals surface area contributed by atoms with E-state index in [0.29, 0.717) is 28.3 Å². The summed E-state index contributed by atoms with van der Waals surface area (Å²) in [6.07, 6.45) is 3.27. The highest BCUT2D eigenvalue weighted by Gasteiger charge is 2.18. The Bertz CT molecular complexity index is 1320. The summed E-state index contributed by atoms with van der Waals surface area (Å²) in [4.78, 5) is 34.4. The second-order valence-corrected chi connectivity index (χ2v) is 7.30. The van der Waals surface area contributed by atoms with E-state index in [0.717, 1.165) is 0 Å². The minimum atomic E-state index is -0.484. The van der Waals surface area contributed by atoms with Gasteiger partial charge in [0.2, 0.25) is 5.95 Å². The highest BCUT2D eigenvalue weighted by Crippen LogP contribution is 2.22. The van der Waals surface area contributed by atoms with Crippen molar-refractivity contribution in [3.8, 4) is 5.69 Å². The van der Waals surface area contributed by atoms with Gasteiger partial charge in [0.05, 0.1) is 17.1 Å². The summed E-state index contributed by atoms with van der Waals surface area (Å²) in [6, 6.07) is 12.8. The molecule has 0 saturated carbocycles. The van der Waals surface area contributed by atoms with Crippen molar-refractivity contribution in [3.05, 3.63) is 76.6 Å². The third-order valence-electron chi connectivity index (χ3n) is 4.70. The molecule has 10 heteroatoms. The van der Waals surface area contributed by atoms with Crippen molar-refractivity contribution in [1.29, 1.82) is 0 Å². The minimum Gasteiger partial charge on any atom is -0.283 e. The lowest BCUT2D eigenvalue weighted by molar-refractivity contribution is 0.0954. The number of imidazole rings is 1. The molecular weight excluding hydrogens is 419 g/mol. The molecule has 0 aliphatic rings. The van der Waals surface area contributed by atoms with Crippen molar-refractivity contribution < 1.29 is 9.18 Å². The molecule has 31 heavy (non-hydrogen) atoms. The summed E-state index contributed by atoms with van der Waals surface area (Å²) in [6.45, 7) is 2.19. The number of carbonyl (C=O) groups is 1. The molecule has 2 N–H and O–H groups in total. The van der Waals surface area contributed by atoms with Gasteiger partial charge in [-0.3, -0.25) is 29.6 Å². The molecule has 0 radical (unpaired) electrons. The monoisotopic (exact) mass is 438 g/mol. The van der Waals surface area contributed by atoms with Crippen molar-refractivity contribution in [3.63, 3.8) is 0 Å². The van der Waals surface area contributed by atoms with Gasteiger partial charge in [-0.25, -0.2) is 14.4 Å². The molecule has 2 aromatic carbocycles. The van der Waals surface area contributed by atoms with Gasteiger partial charge in [0.15, 0.2) is 5.16 Å². The number of hydrogen-bond donors (Lipinski definition) is 2. The Balaban J connectivity index is 1.65. The van der Waals surface area contributed by atoms with Gasteiger partial charge in [-0.05, 0) is 49.6 Å². The van der Waals surface area contributed by atoms with Gasteiger partial charge in [-0.2, -0.15) is 0 Å². The van der Waals surface area contributed by atoms with Crippen LogP contribution in [-0.2, 0) is 6.54 Å². The maximum atomic E-state index is 13.3. The van der Waals surface area contributed by atoms with Crippen LogP contribution >= 0.6 is 11.8 Å². The second kappa shape index (κ2) is 8.60. The normalized spacial score (nSPS) is 10.9. The molecule has 2 aromatic heterocycles. The standard InChI is InChI=1S/C21H19FN6O2S/c1-3-27-19(30)15-6-4-5-7-16(15)24-20(27)26-25-18(29)17-12-23-21(31-2)28(17)14-10-8-13(22)9-11-14/h4-12H,3H2,1-2H3,(H,24,26)(H,25,29). The zero-order valence-corrected chi connectivity index (χ0v) is 17.6. The van der Waals surface area contributed by atoms with Gasteiger partial charge in [0.1, 0.15) is 11.5 Å². The Hall–Kier alpha value is -3.66. The summed E-state index contributed by atoms with van der Waals surface area (Å²) in [5, 5.41) is 1.08. The number of thioether (sulfide) groups is 1. The Morgan fingerprint density at radius 3 is 2.61 bits per heavy atom. The number of anilines is 1. The number of carbonyl (C=O) groups excluding carboxylic acids is 1. The van der Waals surface area contributed by atoms with E-state index >= 15 is 0 Å².